The van der Waals surface area contributed by atoms with Crippen LogP contribution >= 0.6 is 0 Å². The number of amides is 2. The van der Waals surface area contributed by atoms with Gasteiger partial charge in [0.25, 0.3) is 12.9 Å². The Hall–Kier alpha value is -3.14. The van der Waals surface area contributed by atoms with Crippen molar-refractivity contribution in [1.29, 1.82) is 0 Å². The SMILES string of the molecule is Cc1ccc2[nH]c(CCNC(=O)N3CCN[C@H](C)C3)nc2c1C.O=CO.O=CO. The van der Waals surface area contributed by atoms with Gasteiger partial charge in [0.15, 0.2) is 0 Å². The first-order valence-corrected chi connectivity index (χ1v) is 9.24. The van der Waals surface area contributed by atoms with Crippen LogP contribution in [-0.4, -0.2) is 76.3 Å². The number of hydrogen-bond donors (Lipinski definition) is 5. The van der Waals surface area contributed by atoms with E-state index in [0.717, 1.165) is 36.5 Å². The minimum absolute atomic E-state index is 0.0153. The number of benzene rings is 1. The number of carboxylic acid groups (broad SMARTS) is 2. The number of carbonyl (C=O) groups is 3. The Bertz CT molecular complexity index is 802. The summed E-state index contributed by atoms with van der Waals surface area (Å²) in [5.74, 6) is 0.919. The second-order valence-corrected chi connectivity index (χ2v) is 6.58. The molecule has 10 heteroatoms. The van der Waals surface area contributed by atoms with E-state index in [1.54, 1.807) is 0 Å². The van der Waals surface area contributed by atoms with Crippen LogP contribution < -0.4 is 10.6 Å². The Morgan fingerprint density at radius 2 is 1.97 bits per heavy atom. The van der Waals surface area contributed by atoms with Crippen LogP contribution in [0.2, 0.25) is 0 Å². The molecule has 0 bridgehead atoms. The molecule has 0 aliphatic carbocycles. The highest BCUT2D eigenvalue weighted by Crippen LogP contribution is 2.19. The summed E-state index contributed by atoms with van der Waals surface area (Å²) in [5, 5.41) is 20.1. The lowest BCUT2D eigenvalue weighted by Crippen LogP contribution is -2.54. The molecule has 1 aliphatic heterocycles. The third kappa shape index (κ3) is 7.41. The summed E-state index contributed by atoms with van der Waals surface area (Å²) in [7, 11) is 0. The van der Waals surface area contributed by atoms with E-state index in [1.165, 1.54) is 11.1 Å². The largest absolute Gasteiger partial charge is 0.483 e. The highest BCUT2D eigenvalue weighted by atomic mass is 16.3. The molecule has 0 spiro atoms. The van der Waals surface area contributed by atoms with Gasteiger partial charge in [-0.2, -0.15) is 0 Å². The highest BCUT2D eigenvalue weighted by molar-refractivity contribution is 5.80. The molecule has 5 N–H and O–H groups in total. The molecule has 1 atom stereocenters. The molecular formula is C19H29N5O5. The smallest absolute Gasteiger partial charge is 0.317 e. The Kier molecular flexibility index (Phi) is 10.2. The van der Waals surface area contributed by atoms with Crippen molar-refractivity contribution in [2.45, 2.75) is 33.2 Å². The highest BCUT2D eigenvalue weighted by Gasteiger charge is 2.19. The van der Waals surface area contributed by atoms with Crippen LogP contribution in [-0.2, 0) is 16.0 Å². The Labute approximate surface area is 169 Å². The third-order valence-corrected chi connectivity index (χ3v) is 4.52. The molecule has 1 aromatic carbocycles. The summed E-state index contributed by atoms with van der Waals surface area (Å²) in [6.45, 7) is 8.76. The lowest BCUT2D eigenvalue weighted by atomic mass is 10.1. The van der Waals surface area contributed by atoms with Crippen molar-refractivity contribution in [3.05, 3.63) is 29.1 Å². The van der Waals surface area contributed by atoms with Crippen LogP contribution in [0.5, 0.6) is 0 Å². The molecule has 0 saturated carbocycles. The summed E-state index contributed by atoms with van der Waals surface area (Å²) in [6, 6.07) is 4.54. The number of rotatable bonds is 3. The van der Waals surface area contributed by atoms with Crippen LogP contribution in [0.25, 0.3) is 11.0 Å². The predicted octanol–water partition coefficient (Wildman–Crippen LogP) is 1.13. The monoisotopic (exact) mass is 407 g/mol. The van der Waals surface area contributed by atoms with Gasteiger partial charge >= 0.3 is 6.03 Å². The molecule has 1 saturated heterocycles. The maximum Gasteiger partial charge on any atom is 0.317 e. The Morgan fingerprint density at radius 1 is 1.31 bits per heavy atom. The number of imidazole rings is 1. The van der Waals surface area contributed by atoms with Gasteiger partial charge in [-0.05, 0) is 38.0 Å². The first-order valence-electron chi connectivity index (χ1n) is 9.24. The normalized spacial score (nSPS) is 15.4. The zero-order valence-corrected chi connectivity index (χ0v) is 16.9. The summed E-state index contributed by atoms with van der Waals surface area (Å²) in [5.41, 5.74) is 4.55. The number of hydrogen-bond acceptors (Lipinski definition) is 5. The number of aromatic nitrogens is 2. The fraction of sp³-hybridized carbons (Fsp3) is 0.474. The van der Waals surface area contributed by atoms with E-state index < -0.39 is 0 Å². The average Bonchev–Trinajstić information content (AvgIpc) is 3.10. The van der Waals surface area contributed by atoms with Crippen molar-refractivity contribution in [1.82, 2.24) is 25.5 Å². The van der Waals surface area contributed by atoms with Crippen molar-refractivity contribution >= 4 is 30.0 Å². The van der Waals surface area contributed by atoms with Crippen LogP contribution in [0.4, 0.5) is 4.79 Å². The maximum absolute atomic E-state index is 12.2. The van der Waals surface area contributed by atoms with E-state index in [2.05, 4.69) is 53.5 Å². The number of fused-ring (bicyclic) bond motifs is 1. The number of H-pyrrole nitrogens is 1. The number of nitrogens with one attached hydrogen (secondary N) is 3. The molecule has 10 nitrogen and oxygen atoms in total. The second kappa shape index (κ2) is 12.3. The topological polar surface area (TPSA) is 148 Å². The van der Waals surface area contributed by atoms with Crippen molar-refractivity contribution in [2.75, 3.05) is 26.2 Å². The lowest BCUT2D eigenvalue weighted by Gasteiger charge is -2.31. The molecule has 3 rings (SSSR count). The van der Waals surface area contributed by atoms with E-state index in [4.69, 9.17) is 19.8 Å². The average molecular weight is 407 g/mol. The maximum atomic E-state index is 12.2. The molecule has 2 heterocycles. The second-order valence-electron chi connectivity index (χ2n) is 6.58. The molecule has 0 radical (unpaired) electrons. The molecule has 1 fully saturated rings. The van der Waals surface area contributed by atoms with Gasteiger partial charge in [0.2, 0.25) is 0 Å². The third-order valence-electron chi connectivity index (χ3n) is 4.52. The minimum Gasteiger partial charge on any atom is -0.483 e. The van der Waals surface area contributed by atoms with Gasteiger partial charge in [-0.3, -0.25) is 9.59 Å². The zero-order valence-electron chi connectivity index (χ0n) is 16.9. The molecular weight excluding hydrogens is 378 g/mol. The predicted molar refractivity (Wildman–Crippen MR) is 109 cm³/mol. The molecule has 1 aromatic heterocycles. The van der Waals surface area contributed by atoms with Crippen molar-refractivity contribution in [3.63, 3.8) is 0 Å². The standard InChI is InChI=1S/C17H25N5O.2CH2O2/c1-11-4-5-14-16(13(11)3)21-15(20-14)6-7-19-17(23)22-9-8-18-12(2)10-22;2*2-1-3/h4-5,12,18H,6-10H2,1-3H3,(H,19,23)(H,20,21);2*1H,(H,2,3)/t12-;;/m1../s1. The van der Waals surface area contributed by atoms with E-state index in [9.17, 15) is 4.79 Å². The quantitative estimate of drug-likeness (QED) is 0.479. The first-order chi connectivity index (χ1) is 13.9. The molecule has 2 amide bonds. The minimum atomic E-state index is -0.250. The van der Waals surface area contributed by atoms with Gasteiger partial charge in [-0.1, -0.05) is 6.07 Å². The number of urea groups is 1. The summed E-state index contributed by atoms with van der Waals surface area (Å²) >= 11 is 0. The van der Waals surface area contributed by atoms with E-state index in [1.807, 2.05) is 4.90 Å². The summed E-state index contributed by atoms with van der Waals surface area (Å²) < 4.78 is 0. The van der Waals surface area contributed by atoms with E-state index in [-0.39, 0.29) is 19.0 Å². The zero-order chi connectivity index (χ0) is 21.8. The molecule has 160 valence electrons. The van der Waals surface area contributed by atoms with Crippen molar-refractivity contribution in [2.24, 2.45) is 0 Å². The molecule has 1 aliphatic rings. The molecule has 2 aromatic rings. The number of piperazine rings is 1. The van der Waals surface area contributed by atoms with Gasteiger partial charge in [0.05, 0.1) is 11.0 Å². The lowest BCUT2D eigenvalue weighted by molar-refractivity contribution is -0.123. The van der Waals surface area contributed by atoms with Gasteiger partial charge in [0, 0.05) is 38.6 Å². The van der Waals surface area contributed by atoms with Gasteiger partial charge < -0.3 is 30.7 Å². The summed E-state index contributed by atoms with van der Waals surface area (Å²) in [6.07, 6.45) is 0.709. The van der Waals surface area contributed by atoms with E-state index >= 15 is 0 Å². The number of aryl methyl sites for hydroxylation is 2. The molecule has 0 unspecified atom stereocenters. The van der Waals surface area contributed by atoms with Crippen LogP contribution in [0.3, 0.4) is 0 Å². The van der Waals surface area contributed by atoms with Crippen molar-refractivity contribution in [3.8, 4) is 0 Å². The van der Waals surface area contributed by atoms with Crippen molar-refractivity contribution < 1.29 is 24.6 Å². The van der Waals surface area contributed by atoms with Crippen LogP contribution in [0, 0.1) is 13.8 Å². The van der Waals surface area contributed by atoms with E-state index in [0.29, 0.717) is 19.0 Å². The number of nitrogens with zero attached hydrogens (tertiary/aromatic N) is 2. The molecule has 29 heavy (non-hydrogen) atoms. The van der Waals surface area contributed by atoms with Gasteiger partial charge in [-0.25, -0.2) is 9.78 Å². The fourth-order valence-corrected chi connectivity index (χ4v) is 3.00. The van der Waals surface area contributed by atoms with Crippen LogP contribution in [0.1, 0.15) is 23.9 Å². The van der Waals surface area contributed by atoms with Gasteiger partial charge in [0.1, 0.15) is 5.82 Å². The first kappa shape index (κ1) is 23.9. The number of carbonyl (C=O) groups excluding carboxylic acids is 1. The Morgan fingerprint density at radius 3 is 2.59 bits per heavy atom. The van der Waals surface area contributed by atoms with Gasteiger partial charge in [-0.15, -0.1) is 0 Å². The number of aromatic amines is 1. The van der Waals surface area contributed by atoms with Crippen LogP contribution in [0.15, 0.2) is 12.1 Å². The summed E-state index contributed by atoms with van der Waals surface area (Å²) in [4.78, 5) is 38.8. The fourth-order valence-electron chi connectivity index (χ4n) is 3.00. The Balaban J connectivity index is 0.000000626.